The number of fused-ring (bicyclic) bond motifs is 1. The van der Waals surface area contributed by atoms with Crippen LogP contribution in [0.25, 0.3) is 0 Å². The molecule has 2 heterocycles. The van der Waals surface area contributed by atoms with Gasteiger partial charge in [0.05, 0.1) is 0 Å². The standard InChI is InChI=1S/C12H26N4O2S/c1-13-6-4-7-14(2)19(17,18)16-10-9-15-8-3-5-12(15)11-16/h12-13H,3-11H2,1-2H3. The van der Waals surface area contributed by atoms with Gasteiger partial charge in [-0.2, -0.15) is 17.0 Å². The number of nitrogens with one attached hydrogen (secondary N) is 1. The molecule has 0 aromatic carbocycles. The Morgan fingerprint density at radius 1 is 1.32 bits per heavy atom. The molecule has 1 atom stereocenters. The fraction of sp³-hybridized carbons (Fsp3) is 1.00. The summed E-state index contributed by atoms with van der Waals surface area (Å²) in [7, 11) is 0.300. The molecule has 2 aliphatic rings. The summed E-state index contributed by atoms with van der Waals surface area (Å²) in [5.74, 6) is 0. The lowest BCUT2D eigenvalue weighted by Gasteiger charge is -2.38. The molecule has 2 rings (SSSR count). The Balaban J connectivity index is 1.91. The van der Waals surface area contributed by atoms with Gasteiger partial charge in [0.25, 0.3) is 10.2 Å². The Labute approximate surface area is 116 Å². The average molecular weight is 290 g/mol. The van der Waals surface area contributed by atoms with Gasteiger partial charge >= 0.3 is 0 Å². The fourth-order valence-corrected chi connectivity index (χ4v) is 4.39. The minimum Gasteiger partial charge on any atom is -0.320 e. The third kappa shape index (κ3) is 3.46. The second-order valence-corrected chi connectivity index (χ2v) is 7.51. The van der Waals surface area contributed by atoms with Gasteiger partial charge in [0, 0.05) is 39.3 Å². The van der Waals surface area contributed by atoms with E-state index in [9.17, 15) is 8.42 Å². The maximum atomic E-state index is 12.5. The minimum atomic E-state index is -3.27. The number of hydrogen-bond donors (Lipinski definition) is 1. The van der Waals surface area contributed by atoms with Crippen molar-refractivity contribution in [2.75, 3.05) is 53.4 Å². The molecule has 19 heavy (non-hydrogen) atoms. The first-order chi connectivity index (χ1) is 9.05. The van der Waals surface area contributed by atoms with Gasteiger partial charge in [-0.05, 0) is 39.4 Å². The first-order valence-corrected chi connectivity index (χ1v) is 8.55. The average Bonchev–Trinajstić information content (AvgIpc) is 2.85. The molecule has 2 fully saturated rings. The number of rotatable bonds is 6. The van der Waals surface area contributed by atoms with Crippen LogP contribution in [0.15, 0.2) is 0 Å². The van der Waals surface area contributed by atoms with E-state index in [1.165, 1.54) is 10.7 Å². The lowest BCUT2D eigenvalue weighted by atomic mass is 10.2. The highest BCUT2D eigenvalue weighted by Crippen LogP contribution is 2.23. The van der Waals surface area contributed by atoms with Crippen molar-refractivity contribution in [3.8, 4) is 0 Å². The summed E-state index contributed by atoms with van der Waals surface area (Å²) in [5, 5.41) is 3.04. The Hall–Kier alpha value is -0.210. The topological polar surface area (TPSA) is 55.9 Å². The Bertz CT molecular complexity index is 387. The first kappa shape index (κ1) is 15.2. The van der Waals surface area contributed by atoms with Crippen LogP contribution < -0.4 is 5.32 Å². The highest BCUT2D eigenvalue weighted by molar-refractivity contribution is 7.86. The molecule has 7 heteroatoms. The van der Waals surface area contributed by atoms with Crippen LogP contribution in [0.4, 0.5) is 0 Å². The molecule has 1 N–H and O–H groups in total. The predicted octanol–water partition coefficient (Wildman–Crippen LogP) is -0.447. The van der Waals surface area contributed by atoms with E-state index in [0.29, 0.717) is 25.7 Å². The minimum absolute atomic E-state index is 0.439. The van der Waals surface area contributed by atoms with E-state index in [4.69, 9.17) is 0 Å². The van der Waals surface area contributed by atoms with Crippen molar-refractivity contribution in [1.82, 2.24) is 18.8 Å². The Kier molecular flexibility index (Phi) is 5.19. The SMILES string of the molecule is CNCCCN(C)S(=O)(=O)N1CCN2CCCC2C1. The highest BCUT2D eigenvalue weighted by atomic mass is 32.2. The van der Waals surface area contributed by atoms with Crippen molar-refractivity contribution in [3.05, 3.63) is 0 Å². The van der Waals surface area contributed by atoms with Gasteiger partial charge in [-0.25, -0.2) is 0 Å². The van der Waals surface area contributed by atoms with E-state index in [1.54, 1.807) is 11.4 Å². The molecule has 2 aliphatic heterocycles. The van der Waals surface area contributed by atoms with Gasteiger partial charge < -0.3 is 5.32 Å². The molecule has 0 bridgehead atoms. The van der Waals surface area contributed by atoms with Gasteiger partial charge in [-0.1, -0.05) is 0 Å². The summed E-state index contributed by atoms with van der Waals surface area (Å²) in [5.41, 5.74) is 0. The van der Waals surface area contributed by atoms with E-state index >= 15 is 0 Å². The molecule has 6 nitrogen and oxygen atoms in total. The van der Waals surface area contributed by atoms with Crippen LogP contribution in [0.2, 0.25) is 0 Å². The van der Waals surface area contributed by atoms with E-state index in [2.05, 4.69) is 10.2 Å². The molecule has 0 aromatic heterocycles. The molecule has 0 aromatic rings. The summed E-state index contributed by atoms with van der Waals surface area (Å²) in [6.07, 6.45) is 3.18. The van der Waals surface area contributed by atoms with Crippen LogP contribution in [0.5, 0.6) is 0 Å². The largest absolute Gasteiger partial charge is 0.320 e. The van der Waals surface area contributed by atoms with Gasteiger partial charge in [-0.15, -0.1) is 0 Å². The van der Waals surface area contributed by atoms with E-state index in [-0.39, 0.29) is 0 Å². The zero-order chi connectivity index (χ0) is 13.9. The van der Waals surface area contributed by atoms with Crippen molar-refractivity contribution in [1.29, 1.82) is 0 Å². The Morgan fingerprint density at radius 3 is 2.84 bits per heavy atom. The summed E-state index contributed by atoms with van der Waals surface area (Å²) in [4.78, 5) is 2.42. The third-order valence-corrected chi connectivity index (χ3v) is 6.12. The van der Waals surface area contributed by atoms with Crippen LogP contribution in [-0.2, 0) is 10.2 Å². The second-order valence-electron chi connectivity index (χ2n) is 5.48. The summed E-state index contributed by atoms with van der Waals surface area (Å²) in [6, 6.07) is 0.439. The normalized spacial score (nSPS) is 25.9. The van der Waals surface area contributed by atoms with Crippen molar-refractivity contribution in [2.24, 2.45) is 0 Å². The molecule has 0 aliphatic carbocycles. The molecular weight excluding hydrogens is 264 g/mol. The van der Waals surface area contributed by atoms with E-state index in [1.807, 2.05) is 7.05 Å². The lowest BCUT2D eigenvalue weighted by Crippen LogP contribution is -2.55. The van der Waals surface area contributed by atoms with E-state index in [0.717, 1.165) is 32.5 Å². The van der Waals surface area contributed by atoms with Crippen molar-refractivity contribution < 1.29 is 8.42 Å². The number of hydrogen-bond acceptors (Lipinski definition) is 4. The lowest BCUT2D eigenvalue weighted by molar-refractivity contribution is 0.153. The second kappa shape index (κ2) is 6.49. The quantitative estimate of drug-likeness (QED) is 0.674. The zero-order valence-electron chi connectivity index (χ0n) is 12.0. The molecule has 0 radical (unpaired) electrons. The summed E-state index contributed by atoms with van der Waals surface area (Å²) in [6.45, 7) is 4.74. The molecule has 1 unspecified atom stereocenters. The molecule has 0 spiro atoms. The van der Waals surface area contributed by atoms with Gasteiger partial charge in [0.15, 0.2) is 0 Å². The van der Waals surface area contributed by atoms with Gasteiger partial charge in [0.2, 0.25) is 0 Å². The van der Waals surface area contributed by atoms with Gasteiger partial charge in [0.1, 0.15) is 0 Å². The fourth-order valence-electron chi connectivity index (χ4n) is 2.96. The van der Waals surface area contributed by atoms with Crippen LogP contribution >= 0.6 is 0 Å². The number of nitrogens with zero attached hydrogens (tertiary/aromatic N) is 3. The third-order valence-electron chi connectivity index (χ3n) is 4.17. The summed E-state index contributed by atoms with van der Waals surface area (Å²) < 4.78 is 28.1. The number of piperazine rings is 1. The maximum absolute atomic E-state index is 12.5. The van der Waals surface area contributed by atoms with Gasteiger partial charge in [-0.3, -0.25) is 4.90 Å². The zero-order valence-corrected chi connectivity index (χ0v) is 12.8. The monoisotopic (exact) mass is 290 g/mol. The first-order valence-electron chi connectivity index (χ1n) is 7.16. The van der Waals surface area contributed by atoms with Crippen LogP contribution in [0, 0.1) is 0 Å². The highest BCUT2D eigenvalue weighted by Gasteiger charge is 2.36. The van der Waals surface area contributed by atoms with Crippen molar-refractivity contribution in [3.63, 3.8) is 0 Å². The van der Waals surface area contributed by atoms with Crippen molar-refractivity contribution in [2.45, 2.75) is 25.3 Å². The van der Waals surface area contributed by atoms with Crippen molar-refractivity contribution >= 4 is 10.2 Å². The van der Waals surface area contributed by atoms with E-state index < -0.39 is 10.2 Å². The molecule has 0 amide bonds. The predicted molar refractivity (Wildman–Crippen MR) is 76.3 cm³/mol. The molecule has 112 valence electrons. The Morgan fingerprint density at radius 2 is 2.11 bits per heavy atom. The maximum Gasteiger partial charge on any atom is 0.281 e. The molecule has 2 saturated heterocycles. The van der Waals surface area contributed by atoms with Crippen LogP contribution in [-0.4, -0.2) is 81.3 Å². The van der Waals surface area contributed by atoms with Crippen LogP contribution in [0.3, 0.4) is 0 Å². The molecular formula is C12H26N4O2S. The summed E-state index contributed by atoms with van der Waals surface area (Å²) >= 11 is 0. The smallest absolute Gasteiger partial charge is 0.281 e. The van der Waals surface area contributed by atoms with Crippen LogP contribution in [0.1, 0.15) is 19.3 Å². The molecule has 0 saturated carbocycles.